The minimum atomic E-state index is -0.348. The summed E-state index contributed by atoms with van der Waals surface area (Å²) in [6.45, 7) is -0.173. The van der Waals surface area contributed by atoms with Gasteiger partial charge in [-0.15, -0.1) is 0 Å². The Morgan fingerprint density at radius 1 is 1.13 bits per heavy atom. The lowest BCUT2D eigenvalue weighted by atomic mass is 10.1. The van der Waals surface area contributed by atoms with Crippen LogP contribution >= 0.6 is 35.4 Å². The molecule has 0 aliphatic carbocycles. The molecule has 0 saturated heterocycles. The van der Waals surface area contributed by atoms with Crippen molar-refractivity contribution in [2.45, 2.75) is 6.61 Å². The third-order valence-corrected chi connectivity index (χ3v) is 5.30. The van der Waals surface area contributed by atoms with E-state index in [1.165, 1.54) is 6.07 Å². The first-order chi connectivity index (χ1) is 14.4. The van der Waals surface area contributed by atoms with Gasteiger partial charge in [0.15, 0.2) is 17.4 Å². The van der Waals surface area contributed by atoms with Crippen molar-refractivity contribution in [2.24, 2.45) is 0 Å². The molecule has 154 valence electrons. The predicted octanol–water partition coefficient (Wildman–Crippen LogP) is 3.91. The zero-order valence-corrected chi connectivity index (χ0v) is 18.3. The predicted molar refractivity (Wildman–Crippen MR) is 121 cm³/mol. The van der Waals surface area contributed by atoms with Gasteiger partial charge in [-0.05, 0) is 53.8 Å². The van der Waals surface area contributed by atoms with Gasteiger partial charge in [0, 0.05) is 17.3 Å². The molecule has 8 heteroatoms. The third kappa shape index (κ3) is 5.09. The van der Waals surface area contributed by atoms with Gasteiger partial charge in [0.05, 0.1) is 23.8 Å². The quantitative estimate of drug-likeness (QED) is 0.252. The van der Waals surface area contributed by atoms with E-state index in [0.717, 1.165) is 0 Å². The van der Waals surface area contributed by atoms with E-state index in [1.54, 1.807) is 72.6 Å². The van der Waals surface area contributed by atoms with E-state index in [9.17, 15) is 10.2 Å². The first-order valence-electron chi connectivity index (χ1n) is 8.86. The second-order valence-corrected chi connectivity index (χ2v) is 7.49. The Hall–Kier alpha value is -2.64. The van der Waals surface area contributed by atoms with Crippen molar-refractivity contribution in [1.82, 2.24) is 0 Å². The molecule has 0 atom stereocenters. The Bertz CT molecular complexity index is 1100. The van der Waals surface area contributed by atoms with E-state index in [1.807, 2.05) is 0 Å². The number of nitrogens with zero attached hydrogens (tertiary/aromatic N) is 1. The number of benzene rings is 2. The molecule has 3 aromatic rings. The molecule has 1 aromatic heterocycles. The number of aliphatic hydroxyl groups is 1. The second-order valence-electron chi connectivity index (χ2n) is 6.27. The van der Waals surface area contributed by atoms with Crippen LogP contribution in [0.2, 0.25) is 10.0 Å². The van der Waals surface area contributed by atoms with E-state index in [-0.39, 0.29) is 28.1 Å². The SMILES string of the molecule is COc1ccc(NC(=S)/C(=C(\[O-])c2ccc(Cl)c(Cl)c2)[n+]2cccc(CO)c2)cc1. The van der Waals surface area contributed by atoms with Crippen LogP contribution in [0.3, 0.4) is 0 Å². The van der Waals surface area contributed by atoms with Crippen molar-refractivity contribution in [3.8, 4) is 5.75 Å². The first-order valence-corrected chi connectivity index (χ1v) is 10.0. The van der Waals surface area contributed by atoms with Crippen LogP contribution in [-0.2, 0) is 6.61 Å². The lowest BCUT2D eigenvalue weighted by Crippen LogP contribution is -2.40. The van der Waals surface area contributed by atoms with Gasteiger partial charge in [-0.1, -0.05) is 41.5 Å². The van der Waals surface area contributed by atoms with E-state index >= 15 is 0 Å². The Morgan fingerprint density at radius 3 is 2.50 bits per heavy atom. The van der Waals surface area contributed by atoms with Gasteiger partial charge in [0.2, 0.25) is 5.70 Å². The monoisotopic (exact) mass is 460 g/mol. The zero-order valence-electron chi connectivity index (χ0n) is 15.9. The molecule has 0 fully saturated rings. The van der Waals surface area contributed by atoms with Gasteiger partial charge in [-0.2, -0.15) is 4.57 Å². The van der Waals surface area contributed by atoms with Crippen LogP contribution in [0.15, 0.2) is 67.0 Å². The highest BCUT2D eigenvalue weighted by molar-refractivity contribution is 7.81. The molecule has 30 heavy (non-hydrogen) atoms. The molecule has 5 nitrogen and oxygen atoms in total. The van der Waals surface area contributed by atoms with E-state index in [4.69, 9.17) is 40.2 Å². The number of thiocarbonyl (C=S) groups is 1. The number of anilines is 1. The highest BCUT2D eigenvalue weighted by atomic mass is 35.5. The average molecular weight is 461 g/mol. The van der Waals surface area contributed by atoms with Crippen molar-refractivity contribution in [3.05, 3.63) is 88.2 Å². The third-order valence-electron chi connectivity index (χ3n) is 4.26. The number of rotatable bonds is 6. The van der Waals surface area contributed by atoms with Crippen LogP contribution < -0.4 is 19.7 Å². The Morgan fingerprint density at radius 2 is 1.87 bits per heavy atom. The molecule has 0 aliphatic rings. The van der Waals surface area contributed by atoms with Gasteiger partial charge in [0.25, 0.3) is 0 Å². The standard InChI is InChI=1S/C22H18Cl2N2O3S/c1-29-17-7-5-16(6-8-17)25-22(30)20(26-10-2-3-14(12-26)13-27)21(28)15-4-9-18(23)19(24)11-15/h2-12,27H,13H2,1H3,(H-,25,28,30). The molecule has 0 amide bonds. The molecule has 0 bridgehead atoms. The molecule has 0 radical (unpaired) electrons. The lowest BCUT2D eigenvalue weighted by molar-refractivity contribution is -0.578. The topological polar surface area (TPSA) is 68.4 Å². The summed E-state index contributed by atoms with van der Waals surface area (Å²) in [6.07, 6.45) is 3.33. The summed E-state index contributed by atoms with van der Waals surface area (Å²) in [5.41, 5.74) is 1.86. The number of nitrogens with one attached hydrogen (secondary N) is 1. The molecule has 0 unspecified atom stereocenters. The minimum Gasteiger partial charge on any atom is -0.867 e. The van der Waals surface area contributed by atoms with Gasteiger partial charge < -0.3 is 20.3 Å². The van der Waals surface area contributed by atoms with Crippen molar-refractivity contribution in [1.29, 1.82) is 0 Å². The summed E-state index contributed by atoms with van der Waals surface area (Å²) in [7, 11) is 1.58. The maximum Gasteiger partial charge on any atom is 0.238 e. The second kappa shape index (κ2) is 9.91. The van der Waals surface area contributed by atoms with Gasteiger partial charge in [-0.3, -0.25) is 0 Å². The largest absolute Gasteiger partial charge is 0.867 e. The van der Waals surface area contributed by atoms with Crippen LogP contribution in [-0.4, -0.2) is 17.2 Å². The van der Waals surface area contributed by atoms with Crippen molar-refractivity contribution >= 4 is 57.6 Å². The van der Waals surface area contributed by atoms with Crippen LogP contribution in [0.1, 0.15) is 11.1 Å². The van der Waals surface area contributed by atoms with E-state index < -0.39 is 0 Å². The van der Waals surface area contributed by atoms with E-state index in [0.29, 0.717) is 27.6 Å². The summed E-state index contributed by atoms with van der Waals surface area (Å²) >= 11 is 17.7. The summed E-state index contributed by atoms with van der Waals surface area (Å²) < 4.78 is 6.74. The number of methoxy groups -OCH3 is 1. The fraction of sp³-hybridized carbons (Fsp3) is 0.0909. The highest BCUT2D eigenvalue weighted by Crippen LogP contribution is 2.26. The highest BCUT2D eigenvalue weighted by Gasteiger charge is 2.20. The maximum atomic E-state index is 13.4. The molecule has 0 saturated carbocycles. The Balaban J connectivity index is 2.07. The van der Waals surface area contributed by atoms with Crippen LogP contribution in [0.4, 0.5) is 5.69 Å². The molecular weight excluding hydrogens is 443 g/mol. The fourth-order valence-electron chi connectivity index (χ4n) is 2.73. The maximum absolute atomic E-state index is 13.4. The Labute approximate surface area is 189 Å². The van der Waals surface area contributed by atoms with Crippen molar-refractivity contribution in [2.75, 3.05) is 12.4 Å². The molecule has 2 aromatic carbocycles. The molecule has 2 N–H and O–H groups in total. The summed E-state index contributed by atoms with van der Waals surface area (Å²) in [5, 5.41) is 26.6. The minimum absolute atomic E-state index is 0.173. The molecule has 0 spiro atoms. The summed E-state index contributed by atoms with van der Waals surface area (Å²) in [6, 6.07) is 15.3. The van der Waals surface area contributed by atoms with E-state index in [2.05, 4.69) is 5.32 Å². The van der Waals surface area contributed by atoms with Crippen LogP contribution in [0.25, 0.3) is 11.5 Å². The summed E-state index contributed by atoms with van der Waals surface area (Å²) in [5.74, 6) is 0.354. The van der Waals surface area contributed by atoms with Crippen molar-refractivity contribution < 1.29 is 19.5 Å². The molecule has 1 heterocycles. The zero-order chi connectivity index (χ0) is 21.7. The number of aliphatic hydroxyl groups excluding tert-OH is 1. The smallest absolute Gasteiger partial charge is 0.238 e. The van der Waals surface area contributed by atoms with Gasteiger partial charge >= 0.3 is 0 Å². The number of aromatic nitrogens is 1. The molecule has 0 aliphatic heterocycles. The number of halogens is 2. The summed E-state index contributed by atoms with van der Waals surface area (Å²) in [4.78, 5) is 0.205. The fourth-order valence-corrected chi connectivity index (χ4v) is 3.35. The Kier molecular flexibility index (Phi) is 7.29. The first kappa shape index (κ1) is 22.1. The number of pyridine rings is 1. The molecular formula is C22H18Cl2N2O3S. The number of hydrogen-bond donors (Lipinski definition) is 2. The van der Waals surface area contributed by atoms with Crippen molar-refractivity contribution in [3.63, 3.8) is 0 Å². The van der Waals surface area contributed by atoms with Gasteiger partial charge in [0.1, 0.15) is 5.75 Å². The van der Waals surface area contributed by atoms with Gasteiger partial charge in [-0.25, -0.2) is 0 Å². The molecule has 3 rings (SSSR count). The number of ether oxygens (including phenoxy) is 1. The normalized spacial score (nSPS) is 11.6. The average Bonchev–Trinajstić information content (AvgIpc) is 2.76. The van der Waals surface area contributed by atoms with Crippen LogP contribution in [0, 0.1) is 0 Å². The van der Waals surface area contributed by atoms with Crippen LogP contribution in [0.5, 0.6) is 5.75 Å². The lowest BCUT2D eigenvalue weighted by Gasteiger charge is -2.17. The number of hydrogen-bond acceptors (Lipinski definition) is 4.